The van der Waals surface area contributed by atoms with E-state index < -0.39 is 5.97 Å². The Labute approximate surface area is 127 Å². The fraction of sp³-hybridized carbons (Fsp3) is 0.500. The highest BCUT2D eigenvalue weighted by Crippen LogP contribution is 2.20. The summed E-state index contributed by atoms with van der Waals surface area (Å²) in [6, 6.07) is 4.86. The molecule has 1 aliphatic rings. The monoisotopic (exact) mass is 309 g/mol. The van der Waals surface area contributed by atoms with Gasteiger partial charge in [-0.2, -0.15) is 11.8 Å². The maximum atomic E-state index is 12.4. The molecule has 1 aromatic heterocycles. The van der Waals surface area contributed by atoms with E-state index in [2.05, 4.69) is 10.3 Å². The van der Waals surface area contributed by atoms with Gasteiger partial charge in [-0.25, -0.2) is 4.79 Å². The number of carbonyl (C=O) groups excluding carboxylic acids is 1. The van der Waals surface area contributed by atoms with Crippen LogP contribution in [0.2, 0.25) is 0 Å². The van der Waals surface area contributed by atoms with Crippen molar-refractivity contribution in [1.82, 2.24) is 15.2 Å². The van der Waals surface area contributed by atoms with E-state index in [9.17, 15) is 9.59 Å². The Morgan fingerprint density at radius 1 is 1.57 bits per heavy atom. The summed E-state index contributed by atoms with van der Waals surface area (Å²) in [6.07, 6.45) is 1.67. The van der Waals surface area contributed by atoms with Crippen LogP contribution >= 0.6 is 11.8 Å². The number of urea groups is 1. The van der Waals surface area contributed by atoms with E-state index >= 15 is 0 Å². The zero-order valence-corrected chi connectivity index (χ0v) is 12.7. The van der Waals surface area contributed by atoms with Crippen LogP contribution in [0.25, 0.3) is 0 Å². The second-order valence-electron chi connectivity index (χ2n) is 4.95. The van der Waals surface area contributed by atoms with Crippen molar-refractivity contribution in [2.45, 2.75) is 25.4 Å². The molecule has 0 bridgehead atoms. The fourth-order valence-electron chi connectivity index (χ4n) is 2.27. The van der Waals surface area contributed by atoms with Crippen molar-refractivity contribution in [3.05, 3.63) is 30.1 Å². The first kappa shape index (κ1) is 15.6. The molecule has 2 amide bonds. The molecule has 0 spiro atoms. The van der Waals surface area contributed by atoms with Crippen LogP contribution in [0.5, 0.6) is 0 Å². The summed E-state index contributed by atoms with van der Waals surface area (Å²) in [7, 11) is 0. The molecule has 2 atom stereocenters. The van der Waals surface area contributed by atoms with Gasteiger partial charge in [0.2, 0.25) is 0 Å². The summed E-state index contributed by atoms with van der Waals surface area (Å²) in [4.78, 5) is 29.1. The Balaban J connectivity index is 1.98. The maximum absolute atomic E-state index is 12.4. The smallest absolute Gasteiger partial charge is 0.318 e. The molecule has 2 N–H and O–H groups in total. The van der Waals surface area contributed by atoms with Gasteiger partial charge in [0.05, 0.1) is 24.2 Å². The average Bonchev–Trinajstić information content (AvgIpc) is 2.48. The molecule has 1 aromatic rings. The van der Waals surface area contributed by atoms with E-state index in [4.69, 9.17) is 5.11 Å². The summed E-state index contributed by atoms with van der Waals surface area (Å²) < 4.78 is 0. The Morgan fingerprint density at radius 2 is 2.38 bits per heavy atom. The van der Waals surface area contributed by atoms with E-state index in [-0.39, 0.29) is 24.5 Å². The highest BCUT2D eigenvalue weighted by molar-refractivity contribution is 7.99. The highest BCUT2D eigenvalue weighted by Gasteiger charge is 2.29. The Morgan fingerprint density at radius 3 is 3.05 bits per heavy atom. The number of carboxylic acid groups (broad SMARTS) is 1. The molecule has 0 aliphatic carbocycles. The lowest BCUT2D eigenvalue weighted by molar-refractivity contribution is -0.138. The number of nitrogens with zero attached hydrogens (tertiary/aromatic N) is 2. The van der Waals surface area contributed by atoms with Crippen molar-refractivity contribution < 1.29 is 14.7 Å². The summed E-state index contributed by atoms with van der Waals surface area (Å²) in [6.45, 7) is 2.44. The van der Waals surface area contributed by atoms with Gasteiger partial charge in [-0.1, -0.05) is 6.07 Å². The van der Waals surface area contributed by atoms with Crippen LogP contribution < -0.4 is 5.32 Å². The van der Waals surface area contributed by atoms with Crippen LogP contribution in [-0.2, 0) is 4.79 Å². The molecule has 2 unspecified atom stereocenters. The predicted molar refractivity (Wildman–Crippen MR) is 81.3 cm³/mol. The van der Waals surface area contributed by atoms with Gasteiger partial charge >= 0.3 is 12.0 Å². The number of aromatic nitrogens is 1. The third-order valence-electron chi connectivity index (χ3n) is 3.37. The predicted octanol–water partition coefficient (Wildman–Crippen LogP) is 1.74. The van der Waals surface area contributed by atoms with Gasteiger partial charge in [0, 0.05) is 24.2 Å². The summed E-state index contributed by atoms with van der Waals surface area (Å²) in [5, 5.41) is 11.8. The minimum atomic E-state index is -0.877. The van der Waals surface area contributed by atoms with Crippen molar-refractivity contribution in [3.63, 3.8) is 0 Å². The molecule has 0 radical (unpaired) electrons. The molecule has 6 nitrogen and oxygen atoms in total. The zero-order chi connectivity index (χ0) is 15.2. The number of rotatable bonds is 4. The molecule has 7 heteroatoms. The van der Waals surface area contributed by atoms with Crippen molar-refractivity contribution in [2.24, 2.45) is 0 Å². The molecule has 0 saturated carbocycles. The third kappa shape index (κ3) is 4.35. The van der Waals surface area contributed by atoms with E-state index in [1.807, 2.05) is 25.1 Å². The van der Waals surface area contributed by atoms with E-state index in [1.165, 1.54) is 0 Å². The SMILES string of the molecule is CC(NC(=O)N1CCSCC1CC(=O)O)c1ccccn1. The molecule has 21 heavy (non-hydrogen) atoms. The third-order valence-corrected chi connectivity index (χ3v) is 4.46. The van der Waals surface area contributed by atoms with Crippen LogP contribution in [0, 0.1) is 0 Å². The maximum Gasteiger partial charge on any atom is 0.318 e. The first-order valence-corrected chi connectivity index (χ1v) is 8.01. The second kappa shape index (κ2) is 7.31. The van der Waals surface area contributed by atoms with Gasteiger partial charge < -0.3 is 15.3 Å². The fourth-order valence-corrected chi connectivity index (χ4v) is 3.33. The van der Waals surface area contributed by atoms with Crippen LogP contribution in [0.3, 0.4) is 0 Å². The van der Waals surface area contributed by atoms with E-state index in [0.29, 0.717) is 12.3 Å². The second-order valence-corrected chi connectivity index (χ2v) is 6.10. The molecular weight excluding hydrogens is 290 g/mol. The normalized spacial score (nSPS) is 19.9. The van der Waals surface area contributed by atoms with Gasteiger partial charge in [0.25, 0.3) is 0 Å². The lowest BCUT2D eigenvalue weighted by atomic mass is 10.2. The summed E-state index contributed by atoms with van der Waals surface area (Å²) in [5.74, 6) is 0.622. The number of carbonyl (C=O) groups is 2. The van der Waals surface area contributed by atoms with Crippen molar-refractivity contribution in [1.29, 1.82) is 0 Å². The molecule has 1 aliphatic heterocycles. The molecule has 1 saturated heterocycles. The minimum absolute atomic E-state index is 0.0155. The Kier molecular flexibility index (Phi) is 5.44. The van der Waals surface area contributed by atoms with Crippen LogP contribution in [0.1, 0.15) is 25.1 Å². The Bertz CT molecular complexity index is 497. The molecule has 2 heterocycles. The number of hydrogen-bond acceptors (Lipinski definition) is 4. The zero-order valence-electron chi connectivity index (χ0n) is 11.9. The quantitative estimate of drug-likeness (QED) is 0.885. The van der Waals surface area contributed by atoms with Crippen molar-refractivity contribution in [3.8, 4) is 0 Å². The van der Waals surface area contributed by atoms with E-state index in [1.54, 1.807) is 22.9 Å². The summed E-state index contributed by atoms with van der Waals surface area (Å²) in [5.41, 5.74) is 0.784. The van der Waals surface area contributed by atoms with Crippen LogP contribution in [-0.4, -0.2) is 51.1 Å². The number of aliphatic carboxylic acids is 1. The molecular formula is C14H19N3O3S. The van der Waals surface area contributed by atoms with Crippen molar-refractivity contribution >= 4 is 23.8 Å². The minimum Gasteiger partial charge on any atom is -0.481 e. The van der Waals surface area contributed by atoms with Gasteiger partial charge in [0.1, 0.15) is 0 Å². The lowest BCUT2D eigenvalue weighted by Gasteiger charge is -2.35. The van der Waals surface area contributed by atoms with Gasteiger partial charge in [-0.15, -0.1) is 0 Å². The molecule has 1 fully saturated rings. The number of pyridine rings is 1. The lowest BCUT2D eigenvalue weighted by Crippen LogP contribution is -2.51. The largest absolute Gasteiger partial charge is 0.481 e. The van der Waals surface area contributed by atoms with Gasteiger partial charge in [0.15, 0.2) is 0 Å². The van der Waals surface area contributed by atoms with Crippen molar-refractivity contribution in [2.75, 3.05) is 18.1 Å². The van der Waals surface area contributed by atoms with Gasteiger partial charge in [-0.05, 0) is 19.1 Å². The number of hydrogen-bond donors (Lipinski definition) is 2. The van der Waals surface area contributed by atoms with Gasteiger partial charge in [-0.3, -0.25) is 9.78 Å². The number of carboxylic acids is 1. The number of amides is 2. The topological polar surface area (TPSA) is 82.5 Å². The average molecular weight is 309 g/mol. The number of thioether (sulfide) groups is 1. The van der Waals surface area contributed by atoms with Crippen LogP contribution in [0.4, 0.5) is 4.79 Å². The Hall–Kier alpha value is -1.76. The van der Waals surface area contributed by atoms with Crippen LogP contribution in [0.15, 0.2) is 24.4 Å². The summed E-state index contributed by atoms with van der Waals surface area (Å²) >= 11 is 1.68. The molecule has 2 rings (SSSR count). The standard InChI is InChI=1S/C14H19N3O3S/c1-10(12-4-2-3-5-15-12)16-14(20)17-6-7-21-9-11(17)8-13(18)19/h2-5,10-11H,6-9H2,1H3,(H,16,20)(H,18,19). The number of nitrogens with one attached hydrogen (secondary N) is 1. The highest BCUT2D eigenvalue weighted by atomic mass is 32.2. The molecule has 114 valence electrons. The first-order valence-electron chi connectivity index (χ1n) is 6.85. The van der Waals surface area contributed by atoms with E-state index in [0.717, 1.165) is 11.4 Å². The molecule has 0 aromatic carbocycles. The first-order chi connectivity index (χ1) is 10.1.